The van der Waals surface area contributed by atoms with Crippen LogP contribution in [-0.4, -0.2) is 25.2 Å². The molecule has 0 aliphatic carbocycles. The van der Waals surface area contributed by atoms with Gasteiger partial charge < -0.3 is 15.8 Å². The van der Waals surface area contributed by atoms with Gasteiger partial charge in [-0.2, -0.15) is 0 Å². The minimum atomic E-state index is -0.0914. The summed E-state index contributed by atoms with van der Waals surface area (Å²) in [5.74, 6) is 0.357. The molecular weight excluding hydrogens is 276 g/mol. The second-order valence-electron chi connectivity index (χ2n) is 4.91. The zero-order chi connectivity index (χ0) is 14.3. The fourth-order valence-electron chi connectivity index (χ4n) is 1.93. The number of hydrogen-bond acceptors (Lipinski definition) is 3. The molecule has 1 atom stereocenters. The summed E-state index contributed by atoms with van der Waals surface area (Å²) in [4.78, 5) is 11.9. The van der Waals surface area contributed by atoms with Gasteiger partial charge >= 0.3 is 0 Å². The molecule has 1 aromatic carbocycles. The molecule has 1 unspecified atom stereocenters. The lowest BCUT2D eigenvalue weighted by molar-refractivity contribution is 0.0251. The van der Waals surface area contributed by atoms with Gasteiger partial charge in [0.15, 0.2) is 0 Å². The first-order valence-electron chi connectivity index (χ1n) is 6.80. The molecule has 1 aromatic rings. The van der Waals surface area contributed by atoms with Crippen LogP contribution < -0.4 is 11.1 Å². The number of amides is 1. The molecule has 4 nitrogen and oxygen atoms in total. The maximum atomic E-state index is 11.9. The van der Waals surface area contributed by atoms with Crippen molar-refractivity contribution in [3.63, 3.8) is 0 Å². The maximum absolute atomic E-state index is 11.9. The van der Waals surface area contributed by atoms with Gasteiger partial charge in [-0.15, -0.1) is 12.4 Å². The van der Waals surface area contributed by atoms with Gasteiger partial charge in [-0.25, -0.2) is 0 Å². The molecule has 0 saturated heterocycles. The van der Waals surface area contributed by atoms with Crippen LogP contribution in [0.3, 0.4) is 0 Å². The molecule has 114 valence electrons. The number of nitrogens with one attached hydrogen (secondary N) is 1. The number of halogens is 1. The lowest BCUT2D eigenvalue weighted by atomic mass is 10.0. The molecule has 20 heavy (non-hydrogen) atoms. The van der Waals surface area contributed by atoms with Gasteiger partial charge in [0.05, 0.1) is 6.10 Å². The van der Waals surface area contributed by atoms with Crippen molar-refractivity contribution in [2.24, 2.45) is 5.92 Å². The Morgan fingerprint density at radius 2 is 2.10 bits per heavy atom. The van der Waals surface area contributed by atoms with Crippen LogP contribution in [0, 0.1) is 5.92 Å². The van der Waals surface area contributed by atoms with Crippen LogP contribution in [0.15, 0.2) is 24.3 Å². The topological polar surface area (TPSA) is 64.3 Å². The molecule has 0 bridgehead atoms. The normalized spacial score (nSPS) is 11.8. The molecule has 3 N–H and O–H groups in total. The molecule has 1 amide bonds. The number of carbonyl (C=O) groups is 1. The molecular formula is C15H25ClN2O2. The van der Waals surface area contributed by atoms with Crippen molar-refractivity contribution in [2.45, 2.75) is 33.3 Å². The summed E-state index contributed by atoms with van der Waals surface area (Å²) in [6.07, 6.45) is 1.01. The summed E-state index contributed by atoms with van der Waals surface area (Å²) in [6, 6.07) is 6.98. The number of carbonyl (C=O) groups excluding carboxylic acids is 1. The summed E-state index contributed by atoms with van der Waals surface area (Å²) < 4.78 is 5.64. The first-order chi connectivity index (χ1) is 9.04. The third-order valence-electron chi connectivity index (χ3n) is 2.99. The minimum Gasteiger partial charge on any atom is -0.399 e. The molecule has 0 aliphatic heterocycles. The molecule has 0 saturated carbocycles. The van der Waals surface area contributed by atoms with Gasteiger partial charge in [-0.3, -0.25) is 4.79 Å². The summed E-state index contributed by atoms with van der Waals surface area (Å²) >= 11 is 0. The van der Waals surface area contributed by atoms with Crippen molar-refractivity contribution < 1.29 is 9.53 Å². The van der Waals surface area contributed by atoms with Crippen molar-refractivity contribution in [1.29, 1.82) is 0 Å². The zero-order valence-corrected chi connectivity index (χ0v) is 13.2. The Kier molecular flexibility index (Phi) is 9.01. The van der Waals surface area contributed by atoms with Gasteiger partial charge in [-0.05, 0) is 37.5 Å². The fourth-order valence-corrected chi connectivity index (χ4v) is 1.93. The van der Waals surface area contributed by atoms with E-state index in [1.165, 1.54) is 0 Å². The second-order valence-corrected chi connectivity index (χ2v) is 4.91. The standard InChI is InChI=1S/C15H24N2O2.ClH/c1-4-19-14(11(2)3)8-9-17-15(18)12-6-5-7-13(16)10-12;/h5-7,10-11,14H,4,8-9,16H2,1-3H3,(H,17,18);1H. The SMILES string of the molecule is CCOC(CCNC(=O)c1cccc(N)c1)C(C)C.Cl. The van der Waals surface area contributed by atoms with Crippen molar-refractivity contribution in [1.82, 2.24) is 5.32 Å². The van der Waals surface area contributed by atoms with Gasteiger partial charge in [0.2, 0.25) is 0 Å². The van der Waals surface area contributed by atoms with E-state index in [1.807, 2.05) is 6.92 Å². The van der Waals surface area contributed by atoms with Crippen molar-refractivity contribution in [3.8, 4) is 0 Å². The van der Waals surface area contributed by atoms with E-state index < -0.39 is 0 Å². The maximum Gasteiger partial charge on any atom is 0.251 e. The number of ether oxygens (including phenoxy) is 1. The smallest absolute Gasteiger partial charge is 0.251 e. The van der Waals surface area contributed by atoms with Crippen LogP contribution in [0.5, 0.6) is 0 Å². The van der Waals surface area contributed by atoms with E-state index in [-0.39, 0.29) is 24.4 Å². The first kappa shape index (κ1) is 18.7. The van der Waals surface area contributed by atoms with E-state index in [1.54, 1.807) is 24.3 Å². The summed E-state index contributed by atoms with van der Waals surface area (Å²) in [7, 11) is 0. The molecule has 0 aliphatic rings. The largest absolute Gasteiger partial charge is 0.399 e. The molecule has 0 spiro atoms. The van der Waals surface area contributed by atoms with Gasteiger partial charge in [0.25, 0.3) is 5.91 Å². The molecule has 1 rings (SSSR count). The lowest BCUT2D eigenvalue weighted by Crippen LogP contribution is -2.30. The van der Waals surface area contributed by atoms with E-state index in [0.29, 0.717) is 30.3 Å². The number of hydrogen-bond donors (Lipinski definition) is 2. The van der Waals surface area contributed by atoms with Crippen molar-refractivity contribution >= 4 is 24.0 Å². The number of nitrogen functional groups attached to an aromatic ring is 1. The number of benzene rings is 1. The van der Waals surface area contributed by atoms with Crippen LogP contribution in [-0.2, 0) is 4.74 Å². The highest BCUT2D eigenvalue weighted by Crippen LogP contribution is 2.10. The number of rotatable bonds is 7. The molecule has 0 fully saturated rings. The van der Waals surface area contributed by atoms with E-state index in [0.717, 1.165) is 6.42 Å². The quantitative estimate of drug-likeness (QED) is 0.761. The Morgan fingerprint density at radius 3 is 2.65 bits per heavy atom. The molecule has 0 heterocycles. The third-order valence-corrected chi connectivity index (χ3v) is 2.99. The molecule has 0 radical (unpaired) electrons. The monoisotopic (exact) mass is 300 g/mol. The summed E-state index contributed by atoms with van der Waals surface area (Å²) in [5, 5.41) is 2.90. The predicted molar refractivity (Wildman–Crippen MR) is 85.3 cm³/mol. The van der Waals surface area contributed by atoms with Gasteiger partial charge in [-0.1, -0.05) is 19.9 Å². The minimum absolute atomic E-state index is 0. The van der Waals surface area contributed by atoms with Crippen LogP contribution in [0.1, 0.15) is 37.6 Å². The van der Waals surface area contributed by atoms with Crippen LogP contribution >= 0.6 is 12.4 Å². The predicted octanol–water partition coefficient (Wildman–Crippen LogP) is 2.87. The first-order valence-corrected chi connectivity index (χ1v) is 6.80. The van der Waals surface area contributed by atoms with Gasteiger partial charge in [0.1, 0.15) is 0 Å². The Morgan fingerprint density at radius 1 is 1.40 bits per heavy atom. The van der Waals surface area contributed by atoms with Crippen LogP contribution in [0.4, 0.5) is 5.69 Å². The second kappa shape index (κ2) is 9.61. The van der Waals surface area contributed by atoms with E-state index in [2.05, 4.69) is 19.2 Å². The molecule has 5 heteroatoms. The van der Waals surface area contributed by atoms with Crippen molar-refractivity contribution in [3.05, 3.63) is 29.8 Å². The molecule has 0 aromatic heterocycles. The van der Waals surface area contributed by atoms with E-state index in [9.17, 15) is 4.79 Å². The average molecular weight is 301 g/mol. The zero-order valence-electron chi connectivity index (χ0n) is 12.4. The Hall–Kier alpha value is -1.26. The van der Waals surface area contributed by atoms with Crippen LogP contribution in [0.25, 0.3) is 0 Å². The summed E-state index contributed by atoms with van der Waals surface area (Å²) in [6.45, 7) is 7.54. The highest BCUT2D eigenvalue weighted by atomic mass is 35.5. The number of anilines is 1. The number of nitrogens with two attached hydrogens (primary N) is 1. The Bertz CT molecular complexity index is 411. The van der Waals surface area contributed by atoms with E-state index >= 15 is 0 Å². The van der Waals surface area contributed by atoms with Crippen LogP contribution in [0.2, 0.25) is 0 Å². The average Bonchev–Trinajstić information content (AvgIpc) is 2.37. The van der Waals surface area contributed by atoms with Crippen molar-refractivity contribution in [2.75, 3.05) is 18.9 Å². The highest BCUT2D eigenvalue weighted by molar-refractivity contribution is 5.94. The fraction of sp³-hybridized carbons (Fsp3) is 0.533. The Labute approximate surface area is 127 Å². The third kappa shape index (κ3) is 6.26. The summed E-state index contributed by atoms with van der Waals surface area (Å²) in [5.41, 5.74) is 6.85. The van der Waals surface area contributed by atoms with E-state index in [4.69, 9.17) is 10.5 Å². The highest BCUT2D eigenvalue weighted by Gasteiger charge is 2.13. The van der Waals surface area contributed by atoms with Gasteiger partial charge in [0, 0.05) is 24.4 Å². The lowest BCUT2D eigenvalue weighted by Gasteiger charge is -2.20. The Balaban J connectivity index is 0.00000361.